The van der Waals surface area contributed by atoms with Crippen LogP contribution in [0.2, 0.25) is 0 Å². The molecule has 0 spiro atoms. The molecule has 94 valence electrons. The molecular weight excluding hydrogens is 301 g/mol. The van der Waals surface area contributed by atoms with Gasteiger partial charge in [-0.2, -0.15) is 0 Å². The molecule has 18 heavy (non-hydrogen) atoms. The average Bonchev–Trinajstić information content (AvgIpc) is 2.28. The van der Waals surface area contributed by atoms with E-state index in [1.54, 1.807) is 19.1 Å². The molecular formula is C13H11BrFNO2. The minimum atomic E-state index is -0.364. The number of rotatable bonds is 2. The number of hydrogen-bond donors (Lipinski definition) is 1. The smallest absolute Gasteiger partial charge is 0.254 e. The maximum absolute atomic E-state index is 13.4. The van der Waals surface area contributed by atoms with Gasteiger partial charge in [-0.3, -0.25) is 4.79 Å². The van der Waals surface area contributed by atoms with Crippen LogP contribution in [0.15, 0.2) is 39.6 Å². The van der Waals surface area contributed by atoms with Gasteiger partial charge in [0.2, 0.25) is 0 Å². The van der Waals surface area contributed by atoms with E-state index < -0.39 is 0 Å². The standard InChI is InChI=1S/C13H11BrFNO2/c1-8-4-10(17)6-13(18)16(8)7-9-2-3-11(14)12(15)5-9/h2-6,17H,7H2,1H3. The first-order chi connectivity index (χ1) is 8.47. The van der Waals surface area contributed by atoms with Gasteiger partial charge in [-0.25, -0.2) is 4.39 Å². The predicted molar refractivity (Wildman–Crippen MR) is 70.3 cm³/mol. The van der Waals surface area contributed by atoms with Crippen molar-refractivity contribution >= 4 is 15.9 Å². The van der Waals surface area contributed by atoms with Crippen LogP contribution in [0, 0.1) is 12.7 Å². The topological polar surface area (TPSA) is 42.2 Å². The molecule has 3 nitrogen and oxygen atoms in total. The molecule has 1 heterocycles. The number of aromatic nitrogens is 1. The summed E-state index contributed by atoms with van der Waals surface area (Å²) in [5.41, 5.74) is 1.01. The van der Waals surface area contributed by atoms with Crippen molar-refractivity contribution in [2.45, 2.75) is 13.5 Å². The quantitative estimate of drug-likeness (QED) is 0.926. The van der Waals surface area contributed by atoms with Crippen LogP contribution >= 0.6 is 15.9 Å². The fourth-order valence-corrected chi connectivity index (χ4v) is 1.98. The zero-order valence-corrected chi connectivity index (χ0v) is 11.2. The number of aromatic hydroxyl groups is 1. The number of pyridine rings is 1. The predicted octanol–water partition coefficient (Wildman–Crippen LogP) is 2.81. The summed E-state index contributed by atoms with van der Waals surface area (Å²) in [4.78, 5) is 11.7. The first-order valence-corrected chi connectivity index (χ1v) is 6.11. The van der Waals surface area contributed by atoms with Crippen molar-refractivity contribution in [2.24, 2.45) is 0 Å². The first-order valence-electron chi connectivity index (χ1n) is 5.32. The normalized spacial score (nSPS) is 10.6. The maximum atomic E-state index is 13.4. The van der Waals surface area contributed by atoms with Crippen LogP contribution in [-0.4, -0.2) is 9.67 Å². The summed E-state index contributed by atoms with van der Waals surface area (Å²) < 4.78 is 15.2. The van der Waals surface area contributed by atoms with Gasteiger partial charge in [-0.15, -0.1) is 0 Å². The maximum Gasteiger partial charge on any atom is 0.254 e. The highest BCUT2D eigenvalue weighted by atomic mass is 79.9. The minimum absolute atomic E-state index is 0.0595. The Labute approximate surface area is 112 Å². The van der Waals surface area contributed by atoms with E-state index in [1.807, 2.05) is 0 Å². The fraction of sp³-hybridized carbons (Fsp3) is 0.154. The van der Waals surface area contributed by atoms with Crippen molar-refractivity contribution < 1.29 is 9.50 Å². The Kier molecular flexibility index (Phi) is 3.52. The molecule has 0 saturated carbocycles. The van der Waals surface area contributed by atoms with Gasteiger partial charge in [-0.1, -0.05) is 6.07 Å². The van der Waals surface area contributed by atoms with E-state index in [1.165, 1.54) is 16.7 Å². The van der Waals surface area contributed by atoms with E-state index in [9.17, 15) is 14.3 Å². The molecule has 0 amide bonds. The Balaban J connectivity index is 2.40. The molecule has 0 radical (unpaired) electrons. The number of aryl methyl sites for hydroxylation is 1. The van der Waals surface area contributed by atoms with Gasteiger partial charge in [0.25, 0.3) is 5.56 Å². The van der Waals surface area contributed by atoms with Crippen LogP contribution in [-0.2, 0) is 6.54 Å². The molecule has 1 N–H and O–H groups in total. The monoisotopic (exact) mass is 311 g/mol. The molecule has 0 fully saturated rings. The van der Waals surface area contributed by atoms with E-state index in [0.29, 0.717) is 15.7 Å². The van der Waals surface area contributed by atoms with Crippen LogP contribution < -0.4 is 5.56 Å². The van der Waals surface area contributed by atoms with Gasteiger partial charge < -0.3 is 9.67 Å². The van der Waals surface area contributed by atoms with Crippen molar-refractivity contribution in [3.63, 3.8) is 0 Å². The number of halogens is 2. The SMILES string of the molecule is Cc1cc(O)cc(=O)n1Cc1ccc(Br)c(F)c1. The van der Waals surface area contributed by atoms with Crippen LogP contribution in [0.3, 0.4) is 0 Å². The molecule has 0 aliphatic carbocycles. The number of benzene rings is 1. The summed E-state index contributed by atoms with van der Waals surface area (Å²) in [5, 5.41) is 9.29. The summed E-state index contributed by atoms with van der Waals surface area (Å²) in [5.74, 6) is -0.423. The van der Waals surface area contributed by atoms with Crippen molar-refractivity contribution in [3.05, 3.63) is 62.2 Å². The molecule has 0 saturated heterocycles. The fourth-order valence-electron chi connectivity index (χ4n) is 1.74. The molecule has 0 aliphatic rings. The lowest BCUT2D eigenvalue weighted by molar-refractivity contribution is 0.470. The molecule has 0 bridgehead atoms. The molecule has 1 aromatic carbocycles. The van der Waals surface area contributed by atoms with Crippen LogP contribution in [0.1, 0.15) is 11.3 Å². The van der Waals surface area contributed by atoms with E-state index in [-0.39, 0.29) is 23.7 Å². The van der Waals surface area contributed by atoms with Gasteiger partial charge in [0.1, 0.15) is 11.6 Å². The van der Waals surface area contributed by atoms with E-state index in [2.05, 4.69) is 15.9 Å². The van der Waals surface area contributed by atoms with Gasteiger partial charge in [0.05, 0.1) is 11.0 Å². The summed E-state index contributed by atoms with van der Waals surface area (Å²) in [6.45, 7) is 1.99. The summed E-state index contributed by atoms with van der Waals surface area (Å²) >= 11 is 3.08. The molecule has 0 unspecified atom stereocenters. The average molecular weight is 312 g/mol. The number of nitrogens with zero attached hydrogens (tertiary/aromatic N) is 1. The summed E-state index contributed by atoms with van der Waals surface area (Å²) in [6.07, 6.45) is 0. The highest BCUT2D eigenvalue weighted by Crippen LogP contribution is 2.17. The molecule has 0 aliphatic heterocycles. The van der Waals surface area contributed by atoms with E-state index in [4.69, 9.17) is 0 Å². The molecule has 5 heteroatoms. The molecule has 1 aromatic heterocycles. The lowest BCUT2D eigenvalue weighted by Crippen LogP contribution is -2.21. The van der Waals surface area contributed by atoms with Crippen molar-refractivity contribution in [3.8, 4) is 5.75 Å². The highest BCUT2D eigenvalue weighted by molar-refractivity contribution is 9.10. The second-order valence-corrected chi connectivity index (χ2v) is 4.88. The molecule has 2 rings (SSSR count). The van der Waals surface area contributed by atoms with Gasteiger partial charge in [0, 0.05) is 11.8 Å². The van der Waals surface area contributed by atoms with Crippen molar-refractivity contribution in [2.75, 3.05) is 0 Å². The third-order valence-electron chi connectivity index (χ3n) is 2.64. The van der Waals surface area contributed by atoms with Crippen molar-refractivity contribution in [1.82, 2.24) is 4.57 Å². The van der Waals surface area contributed by atoms with Crippen molar-refractivity contribution in [1.29, 1.82) is 0 Å². The van der Waals surface area contributed by atoms with E-state index in [0.717, 1.165) is 6.07 Å². The van der Waals surface area contributed by atoms with Gasteiger partial charge in [0.15, 0.2) is 0 Å². The highest BCUT2D eigenvalue weighted by Gasteiger charge is 2.06. The van der Waals surface area contributed by atoms with Crippen LogP contribution in [0.4, 0.5) is 4.39 Å². The third-order valence-corrected chi connectivity index (χ3v) is 3.29. The van der Waals surface area contributed by atoms with Gasteiger partial charge in [-0.05, 0) is 46.6 Å². The first kappa shape index (κ1) is 12.8. The Morgan fingerprint density at radius 3 is 2.67 bits per heavy atom. The Hall–Kier alpha value is -1.62. The second kappa shape index (κ2) is 4.94. The zero-order chi connectivity index (χ0) is 13.3. The Morgan fingerprint density at radius 2 is 2.06 bits per heavy atom. The summed E-state index contributed by atoms with van der Waals surface area (Å²) in [6, 6.07) is 7.36. The lowest BCUT2D eigenvalue weighted by Gasteiger charge is -2.10. The van der Waals surface area contributed by atoms with Crippen LogP contribution in [0.25, 0.3) is 0 Å². The third kappa shape index (κ3) is 2.61. The molecule has 0 atom stereocenters. The van der Waals surface area contributed by atoms with Gasteiger partial charge >= 0.3 is 0 Å². The Morgan fingerprint density at radius 1 is 1.33 bits per heavy atom. The zero-order valence-electron chi connectivity index (χ0n) is 9.65. The summed E-state index contributed by atoms with van der Waals surface area (Å²) in [7, 11) is 0. The largest absolute Gasteiger partial charge is 0.508 e. The lowest BCUT2D eigenvalue weighted by atomic mass is 10.2. The Bertz CT molecular complexity index is 652. The number of hydrogen-bond acceptors (Lipinski definition) is 2. The second-order valence-electron chi connectivity index (χ2n) is 4.03. The van der Waals surface area contributed by atoms with Crippen LogP contribution in [0.5, 0.6) is 5.75 Å². The molecule has 2 aromatic rings. The minimum Gasteiger partial charge on any atom is -0.508 e. The van der Waals surface area contributed by atoms with E-state index >= 15 is 0 Å².